The number of ether oxygens (including phenoxy) is 1. The van der Waals surface area contributed by atoms with Gasteiger partial charge in [-0.2, -0.15) is 0 Å². The summed E-state index contributed by atoms with van der Waals surface area (Å²) in [7, 11) is 1.67. The summed E-state index contributed by atoms with van der Waals surface area (Å²) in [6, 6.07) is 7.79. The van der Waals surface area contributed by atoms with E-state index in [1.54, 1.807) is 7.11 Å². The maximum Gasteiger partial charge on any atom is 0.251 e. The molecule has 0 bridgehead atoms. The molecular formula is C16H24BrNO2. The number of amides is 1. The standard InChI is InChI=1S/C16H24BrNO2/c1-16(2,3)14-8-6-5-7-13(14)15(19)18-10-9-12(17)11-20-4/h5-8,12H,9-11H2,1-4H3,(H,18,19). The fraction of sp³-hybridized carbons (Fsp3) is 0.562. The molecule has 0 saturated carbocycles. The van der Waals surface area contributed by atoms with Gasteiger partial charge in [-0.3, -0.25) is 4.79 Å². The van der Waals surface area contributed by atoms with Crippen molar-refractivity contribution in [1.29, 1.82) is 0 Å². The maximum absolute atomic E-state index is 12.3. The van der Waals surface area contributed by atoms with Crippen LogP contribution in [0.3, 0.4) is 0 Å². The minimum atomic E-state index is -0.0397. The van der Waals surface area contributed by atoms with Gasteiger partial charge in [0, 0.05) is 24.0 Å². The number of hydrogen-bond acceptors (Lipinski definition) is 2. The molecule has 0 heterocycles. The number of alkyl halides is 1. The quantitative estimate of drug-likeness (QED) is 0.804. The third-order valence-electron chi connectivity index (χ3n) is 3.07. The van der Waals surface area contributed by atoms with Crippen LogP contribution in [0.1, 0.15) is 43.1 Å². The number of carbonyl (C=O) groups is 1. The second-order valence-corrected chi connectivity index (χ2v) is 7.19. The summed E-state index contributed by atoms with van der Waals surface area (Å²) in [5.74, 6) is -0.00681. The highest BCUT2D eigenvalue weighted by Crippen LogP contribution is 2.25. The molecule has 3 nitrogen and oxygen atoms in total. The van der Waals surface area contributed by atoms with E-state index < -0.39 is 0 Å². The third-order valence-corrected chi connectivity index (χ3v) is 3.79. The van der Waals surface area contributed by atoms with E-state index >= 15 is 0 Å². The summed E-state index contributed by atoms with van der Waals surface area (Å²) in [5.41, 5.74) is 1.80. The Morgan fingerprint density at radius 3 is 2.60 bits per heavy atom. The van der Waals surface area contributed by atoms with E-state index in [9.17, 15) is 4.79 Å². The average Bonchev–Trinajstić information content (AvgIpc) is 2.38. The molecule has 1 unspecified atom stereocenters. The van der Waals surface area contributed by atoms with Crippen LogP contribution >= 0.6 is 15.9 Å². The Morgan fingerprint density at radius 1 is 1.35 bits per heavy atom. The van der Waals surface area contributed by atoms with Gasteiger partial charge in [0.1, 0.15) is 0 Å². The second kappa shape index (κ2) is 7.79. The molecule has 0 aliphatic rings. The lowest BCUT2D eigenvalue weighted by Gasteiger charge is -2.22. The zero-order valence-electron chi connectivity index (χ0n) is 12.7. The van der Waals surface area contributed by atoms with Crippen LogP contribution in [0.4, 0.5) is 0 Å². The fourth-order valence-electron chi connectivity index (χ4n) is 2.04. The van der Waals surface area contributed by atoms with E-state index in [0.717, 1.165) is 17.5 Å². The van der Waals surface area contributed by atoms with Gasteiger partial charge in [0.05, 0.1) is 6.61 Å². The lowest BCUT2D eigenvalue weighted by atomic mass is 9.83. The van der Waals surface area contributed by atoms with Crippen molar-refractivity contribution >= 4 is 21.8 Å². The Bertz CT molecular complexity index is 440. The predicted molar refractivity (Wildman–Crippen MR) is 86.7 cm³/mol. The monoisotopic (exact) mass is 341 g/mol. The molecule has 1 N–H and O–H groups in total. The first-order valence-electron chi connectivity index (χ1n) is 6.87. The number of halogens is 1. The molecule has 1 aromatic carbocycles. The van der Waals surface area contributed by atoms with Gasteiger partial charge in [0.2, 0.25) is 0 Å². The van der Waals surface area contributed by atoms with Crippen LogP contribution < -0.4 is 5.32 Å². The molecule has 0 spiro atoms. The summed E-state index contributed by atoms with van der Waals surface area (Å²) in [4.78, 5) is 12.6. The van der Waals surface area contributed by atoms with Gasteiger partial charge in [0.25, 0.3) is 5.91 Å². The number of carbonyl (C=O) groups excluding carboxylic acids is 1. The summed E-state index contributed by atoms with van der Waals surface area (Å²) in [6.45, 7) is 7.63. The van der Waals surface area contributed by atoms with Crippen molar-refractivity contribution in [3.8, 4) is 0 Å². The van der Waals surface area contributed by atoms with Gasteiger partial charge < -0.3 is 10.1 Å². The number of methoxy groups -OCH3 is 1. The Kier molecular flexibility index (Phi) is 6.69. The second-order valence-electron chi connectivity index (χ2n) is 5.89. The van der Waals surface area contributed by atoms with Crippen LogP contribution in [-0.2, 0) is 10.2 Å². The minimum Gasteiger partial charge on any atom is -0.384 e. The molecule has 0 aliphatic carbocycles. The van der Waals surface area contributed by atoms with Crippen molar-refractivity contribution < 1.29 is 9.53 Å². The lowest BCUT2D eigenvalue weighted by Crippen LogP contribution is -2.29. The molecule has 0 aromatic heterocycles. The molecule has 0 radical (unpaired) electrons. The van der Waals surface area contributed by atoms with Gasteiger partial charge in [0.15, 0.2) is 0 Å². The topological polar surface area (TPSA) is 38.3 Å². The van der Waals surface area contributed by atoms with Gasteiger partial charge in [-0.15, -0.1) is 0 Å². The molecule has 4 heteroatoms. The summed E-state index contributed by atoms with van der Waals surface area (Å²) in [5, 5.41) is 2.98. The van der Waals surface area contributed by atoms with Gasteiger partial charge >= 0.3 is 0 Å². The molecule has 0 fully saturated rings. The molecule has 20 heavy (non-hydrogen) atoms. The van der Waals surface area contributed by atoms with E-state index in [2.05, 4.69) is 42.0 Å². The third kappa shape index (κ3) is 5.25. The van der Waals surface area contributed by atoms with E-state index in [1.165, 1.54) is 0 Å². The highest BCUT2D eigenvalue weighted by molar-refractivity contribution is 9.09. The van der Waals surface area contributed by atoms with Crippen LogP contribution in [0, 0.1) is 0 Å². The van der Waals surface area contributed by atoms with E-state index in [-0.39, 0.29) is 16.1 Å². The first-order chi connectivity index (χ1) is 9.36. The van der Waals surface area contributed by atoms with Gasteiger partial charge in [-0.1, -0.05) is 54.9 Å². The SMILES string of the molecule is COCC(Br)CCNC(=O)c1ccccc1C(C)(C)C. The zero-order valence-corrected chi connectivity index (χ0v) is 14.3. The molecule has 0 aliphatic heterocycles. The number of hydrogen-bond donors (Lipinski definition) is 1. The normalized spacial score (nSPS) is 13.1. The van der Waals surface area contributed by atoms with Gasteiger partial charge in [-0.25, -0.2) is 0 Å². The zero-order chi connectivity index (χ0) is 15.2. The number of benzene rings is 1. The van der Waals surface area contributed by atoms with Crippen LogP contribution in [0.15, 0.2) is 24.3 Å². The van der Waals surface area contributed by atoms with Crippen molar-refractivity contribution in [3.63, 3.8) is 0 Å². The molecular weight excluding hydrogens is 318 g/mol. The molecule has 1 rings (SSSR count). The Labute approximate surface area is 130 Å². The Morgan fingerprint density at radius 2 is 2.00 bits per heavy atom. The molecule has 1 atom stereocenters. The first-order valence-corrected chi connectivity index (χ1v) is 7.78. The van der Waals surface area contributed by atoms with Crippen LogP contribution in [0.5, 0.6) is 0 Å². The lowest BCUT2D eigenvalue weighted by molar-refractivity contribution is 0.0949. The highest BCUT2D eigenvalue weighted by Gasteiger charge is 2.20. The minimum absolute atomic E-state index is 0.00681. The van der Waals surface area contributed by atoms with Crippen molar-refractivity contribution in [1.82, 2.24) is 5.32 Å². The van der Waals surface area contributed by atoms with E-state index in [1.807, 2.05) is 24.3 Å². The number of nitrogens with one attached hydrogen (secondary N) is 1. The molecule has 112 valence electrons. The Balaban J connectivity index is 2.65. The molecule has 1 amide bonds. The smallest absolute Gasteiger partial charge is 0.251 e. The van der Waals surface area contributed by atoms with Crippen molar-refractivity contribution in [2.24, 2.45) is 0 Å². The summed E-state index contributed by atoms with van der Waals surface area (Å²) < 4.78 is 5.05. The van der Waals surface area contributed by atoms with Gasteiger partial charge in [-0.05, 0) is 23.5 Å². The van der Waals surface area contributed by atoms with Crippen molar-refractivity contribution in [3.05, 3.63) is 35.4 Å². The molecule has 0 saturated heterocycles. The average molecular weight is 342 g/mol. The maximum atomic E-state index is 12.3. The summed E-state index contributed by atoms with van der Waals surface area (Å²) >= 11 is 3.51. The molecule has 1 aromatic rings. The largest absolute Gasteiger partial charge is 0.384 e. The first kappa shape index (κ1) is 17.2. The van der Waals surface area contributed by atoms with Crippen LogP contribution in [0.25, 0.3) is 0 Å². The van der Waals surface area contributed by atoms with Crippen molar-refractivity contribution in [2.75, 3.05) is 20.3 Å². The van der Waals surface area contributed by atoms with E-state index in [4.69, 9.17) is 4.74 Å². The Hall–Kier alpha value is -0.870. The summed E-state index contributed by atoms with van der Waals surface area (Å²) in [6.07, 6.45) is 0.845. The van der Waals surface area contributed by atoms with Crippen LogP contribution in [0.2, 0.25) is 0 Å². The van der Waals surface area contributed by atoms with E-state index in [0.29, 0.717) is 13.2 Å². The van der Waals surface area contributed by atoms with Crippen LogP contribution in [-0.4, -0.2) is 31.0 Å². The highest BCUT2D eigenvalue weighted by atomic mass is 79.9. The fourth-order valence-corrected chi connectivity index (χ4v) is 2.53. The van der Waals surface area contributed by atoms with Crippen molar-refractivity contribution in [2.45, 2.75) is 37.4 Å². The predicted octanol–water partition coefficient (Wildman–Crippen LogP) is 3.51. The number of rotatable bonds is 6.